The second-order valence-electron chi connectivity index (χ2n) is 7.20. The molecule has 0 amide bonds. The molecule has 8 heteroatoms. The highest BCUT2D eigenvalue weighted by Gasteiger charge is 2.34. The molecule has 4 rings (SSSR count). The number of pyridine rings is 1. The molecule has 0 N–H and O–H groups in total. The molecule has 1 aliphatic rings. The van der Waals surface area contributed by atoms with Gasteiger partial charge in [-0.1, -0.05) is 35.9 Å². The van der Waals surface area contributed by atoms with Gasteiger partial charge in [0, 0.05) is 47.2 Å². The van der Waals surface area contributed by atoms with Crippen molar-refractivity contribution in [2.45, 2.75) is 4.90 Å². The molecule has 1 fully saturated rings. The average molecular weight is 469 g/mol. The van der Waals surface area contributed by atoms with E-state index in [0.717, 1.165) is 0 Å². The largest absolute Gasteiger partial charge is 0.289 e. The maximum absolute atomic E-state index is 14.2. The molecule has 162 valence electrons. The lowest BCUT2D eigenvalue weighted by Crippen LogP contribution is -2.41. The van der Waals surface area contributed by atoms with Crippen LogP contribution >= 0.6 is 11.6 Å². The van der Waals surface area contributed by atoms with Crippen molar-refractivity contribution in [1.82, 2.24) is 9.29 Å². The maximum atomic E-state index is 14.2. The molecule has 0 unspecified atom stereocenters. The Morgan fingerprint density at radius 2 is 1.62 bits per heavy atom. The van der Waals surface area contributed by atoms with Gasteiger partial charge in [-0.25, -0.2) is 12.8 Å². The third-order valence-electron chi connectivity index (χ3n) is 4.99. The zero-order valence-electron chi connectivity index (χ0n) is 16.8. The number of nitrogens with zero attached hydrogens (tertiary/aromatic N) is 2. The van der Waals surface area contributed by atoms with E-state index in [9.17, 15) is 17.6 Å². The summed E-state index contributed by atoms with van der Waals surface area (Å²) in [5, 5.41) is 0.412. The molecule has 0 aliphatic carbocycles. The van der Waals surface area contributed by atoms with Gasteiger partial charge in [0.1, 0.15) is 5.82 Å². The van der Waals surface area contributed by atoms with Gasteiger partial charge >= 0.3 is 0 Å². The zero-order chi connectivity index (χ0) is 22.7. The van der Waals surface area contributed by atoms with Gasteiger partial charge in [0.25, 0.3) is 0 Å². The number of Topliss-reactive ketones (excluding diaryl/α,β-unsaturated/α-hetero) is 1. The first-order valence-corrected chi connectivity index (χ1v) is 11.5. The van der Waals surface area contributed by atoms with Crippen molar-refractivity contribution in [2.75, 3.05) is 13.1 Å². The Labute approximate surface area is 190 Å². The minimum atomic E-state index is -3.93. The summed E-state index contributed by atoms with van der Waals surface area (Å²) >= 11 is 5.90. The van der Waals surface area contributed by atoms with Crippen LogP contribution in [0, 0.1) is 5.82 Å². The Kier molecular flexibility index (Phi) is 6.32. The molecule has 5 nitrogen and oxygen atoms in total. The molecule has 0 spiro atoms. The molecule has 1 aromatic heterocycles. The summed E-state index contributed by atoms with van der Waals surface area (Å²) in [7, 11) is -3.93. The van der Waals surface area contributed by atoms with E-state index in [0.29, 0.717) is 10.6 Å². The number of hydrogen-bond acceptors (Lipinski definition) is 4. The number of ketones is 1. The fourth-order valence-electron chi connectivity index (χ4n) is 3.38. The van der Waals surface area contributed by atoms with Crippen LogP contribution in [0.5, 0.6) is 0 Å². The third kappa shape index (κ3) is 4.70. The highest BCUT2D eigenvalue weighted by molar-refractivity contribution is 7.89. The van der Waals surface area contributed by atoms with Crippen molar-refractivity contribution in [3.8, 4) is 0 Å². The topological polar surface area (TPSA) is 67.3 Å². The molecular formula is C24H18ClFN2O3S. The summed E-state index contributed by atoms with van der Waals surface area (Å²) in [6.45, 7) is -0.296. The molecule has 2 heterocycles. The number of carbonyl (C=O) groups is 1. The summed E-state index contributed by atoms with van der Waals surface area (Å²) < 4.78 is 42.0. The second kappa shape index (κ2) is 9.16. The molecule has 3 aromatic rings. The molecule has 1 saturated heterocycles. The first-order chi connectivity index (χ1) is 15.3. The van der Waals surface area contributed by atoms with Crippen molar-refractivity contribution in [3.63, 3.8) is 0 Å². The highest BCUT2D eigenvalue weighted by atomic mass is 35.5. The van der Waals surface area contributed by atoms with E-state index in [4.69, 9.17) is 11.6 Å². The first-order valence-electron chi connectivity index (χ1n) is 9.71. The van der Waals surface area contributed by atoms with Crippen molar-refractivity contribution < 1.29 is 17.6 Å². The number of carbonyl (C=O) groups excluding carboxylic acids is 1. The standard InChI is InChI=1S/C24H18ClFN2O3S/c25-21-7-9-22(10-8-21)32(30,31)28-15-19(12-17-4-3-11-27-14-17)24(29)20(16-28)13-18-5-1-2-6-23(18)26/h1-14H,15-16H2/b19-12+,20-13+. The van der Waals surface area contributed by atoms with Gasteiger partial charge in [-0.15, -0.1) is 0 Å². The van der Waals surface area contributed by atoms with Crippen LogP contribution in [0.2, 0.25) is 5.02 Å². The fraction of sp³-hybridized carbons (Fsp3) is 0.0833. The number of hydrogen-bond donors (Lipinski definition) is 0. The van der Waals surface area contributed by atoms with Gasteiger partial charge in [-0.05, 0) is 54.1 Å². The Hall–Kier alpha value is -3.13. The molecular weight excluding hydrogens is 451 g/mol. The third-order valence-corrected chi connectivity index (χ3v) is 7.05. The summed E-state index contributed by atoms with van der Waals surface area (Å²) in [6, 6.07) is 15.3. The van der Waals surface area contributed by atoms with Crippen molar-refractivity contribution in [3.05, 3.63) is 106 Å². The number of sulfonamides is 1. The van der Waals surface area contributed by atoms with E-state index in [-0.39, 0.29) is 40.5 Å². The Bertz CT molecular complexity index is 1320. The lowest BCUT2D eigenvalue weighted by molar-refractivity contribution is -0.113. The second-order valence-corrected chi connectivity index (χ2v) is 9.58. The maximum Gasteiger partial charge on any atom is 0.243 e. The van der Waals surface area contributed by atoms with Crippen LogP contribution in [-0.4, -0.2) is 36.6 Å². The molecule has 1 aliphatic heterocycles. The predicted molar refractivity (Wildman–Crippen MR) is 122 cm³/mol. The minimum absolute atomic E-state index is 0.0576. The summed E-state index contributed by atoms with van der Waals surface area (Å²) in [6.07, 6.45) is 6.19. The summed E-state index contributed by atoms with van der Waals surface area (Å²) in [4.78, 5) is 17.3. The van der Waals surface area contributed by atoms with Gasteiger partial charge in [0.2, 0.25) is 10.0 Å². The Morgan fingerprint density at radius 3 is 2.28 bits per heavy atom. The zero-order valence-corrected chi connectivity index (χ0v) is 18.4. The van der Waals surface area contributed by atoms with Gasteiger partial charge in [-0.3, -0.25) is 9.78 Å². The van der Waals surface area contributed by atoms with Crippen LogP contribution in [0.15, 0.2) is 89.1 Å². The SMILES string of the molecule is O=C1/C(=C/c2cccnc2)CN(S(=O)(=O)c2ccc(Cl)cc2)C/C1=C\c1ccccc1F. The van der Waals surface area contributed by atoms with E-state index in [2.05, 4.69) is 4.98 Å². The smallest absolute Gasteiger partial charge is 0.243 e. The molecule has 0 radical (unpaired) electrons. The van der Waals surface area contributed by atoms with Gasteiger partial charge in [-0.2, -0.15) is 4.31 Å². The molecule has 0 saturated carbocycles. The molecule has 2 aromatic carbocycles. The van der Waals surface area contributed by atoms with Crippen LogP contribution in [0.1, 0.15) is 11.1 Å². The normalized spacial score (nSPS) is 17.8. The van der Waals surface area contributed by atoms with Crippen LogP contribution < -0.4 is 0 Å². The van der Waals surface area contributed by atoms with E-state index >= 15 is 0 Å². The van der Waals surface area contributed by atoms with Crippen LogP contribution in [0.4, 0.5) is 4.39 Å². The number of benzene rings is 2. The highest BCUT2D eigenvalue weighted by Crippen LogP contribution is 2.28. The first kappa shape index (κ1) is 22.1. The molecule has 32 heavy (non-hydrogen) atoms. The number of piperidine rings is 1. The van der Waals surface area contributed by atoms with Crippen molar-refractivity contribution in [2.24, 2.45) is 0 Å². The quantitative estimate of drug-likeness (QED) is 0.524. The van der Waals surface area contributed by atoms with Crippen LogP contribution in [-0.2, 0) is 14.8 Å². The lowest BCUT2D eigenvalue weighted by Gasteiger charge is -2.29. The number of halogens is 2. The number of aromatic nitrogens is 1. The van der Waals surface area contributed by atoms with E-state index < -0.39 is 15.8 Å². The summed E-state index contributed by atoms with van der Waals surface area (Å²) in [5.41, 5.74) is 1.31. The molecule has 0 bridgehead atoms. The van der Waals surface area contributed by atoms with Crippen molar-refractivity contribution in [1.29, 1.82) is 0 Å². The lowest BCUT2D eigenvalue weighted by atomic mass is 9.96. The van der Waals surface area contributed by atoms with E-state index in [1.807, 2.05) is 0 Å². The van der Waals surface area contributed by atoms with Crippen molar-refractivity contribution >= 4 is 39.6 Å². The number of rotatable bonds is 4. The minimum Gasteiger partial charge on any atom is -0.289 e. The van der Waals surface area contributed by atoms with Crippen LogP contribution in [0.3, 0.4) is 0 Å². The average Bonchev–Trinajstić information content (AvgIpc) is 2.79. The van der Waals surface area contributed by atoms with E-state index in [1.165, 1.54) is 46.8 Å². The Morgan fingerprint density at radius 1 is 0.938 bits per heavy atom. The summed E-state index contributed by atoms with van der Waals surface area (Å²) in [5.74, 6) is -0.831. The van der Waals surface area contributed by atoms with Gasteiger partial charge < -0.3 is 0 Å². The van der Waals surface area contributed by atoms with E-state index in [1.54, 1.807) is 42.7 Å². The fourth-order valence-corrected chi connectivity index (χ4v) is 4.90. The Balaban J connectivity index is 1.79. The van der Waals surface area contributed by atoms with Crippen LogP contribution in [0.25, 0.3) is 12.2 Å². The molecule has 0 atom stereocenters. The van der Waals surface area contributed by atoms with Gasteiger partial charge in [0.05, 0.1) is 4.90 Å². The van der Waals surface area contributed by atoms with Gasteiger partial charge in [0.15, 0.2) is 5.78 Å². The predicted octanol–water partition coefficient (Wildman–Crippen LogP) is 4.61. The monoisotopic (exact) mass is 468 g/mol.